The molecule has 0 amide bonds. The van der Waals surface area contributed by atoms with Crippen LogP contribution in [0.3, 0.4) is 0 Å². The largest absolute Gasteiger partial charge is 0.478 e. The SMILES string of the molecule is COCCC(C)(N)C=CC(=O)O. The van der Waals surface area contributed by atoms with Gasteiger partial charge in [-0.25, -0.2) is 4.79 Å². The second kappa shape index (κ2) is 4.90. The van der Waals surface area contributed by atoms with E-state index in [1.807, 2.05) is 0 Å². The molecule has 4 nitrogen and oxygen atoms in total. The molecule has 3 N–H and O–H groups in total. The van der Waals surface area contributed by atoms with Crippen LogP contribution in [0, 0.1) is 0 Å². The smallest absolute Gasteiger partial charge is 0.328 e. The van der Waals surface area contributed by atoms with Gasteiger partial charge in [0.1, 0.15) is 0 Å². The molecule has 0 radical (unpaired) electrons. The summed E-state index contributed by atoms with van der Waals surface area (Å²) in [7, 11) is 1.58. The first-order valence-electron chi connectivity index (χ1n) is 3.68. The van der Waals surface area contributed by atoms with E-state index < -0.39 is 11.5 Å². The highest BCUT2D eigenvalue weighted by atomic mass is 16.5. The summed E-state index contributed by atoms with van der Waals surface area (Å²) in [6.07, 6.45) is 3.12. The average Bonchev–Trinajstić information content (AvgIpc) is 1.98. The molecule has 0 fully saturated rings. The van der Waals surface area contributed by atoms with Crippen molar-refractivity contribution in [2.45, 2.75) is 18.9 Å². The predicted molar refractivity (Wildman–Crippen MR) is 45.9 cm³/mol. The van der Waals surface area contributed by atoms with E-state index in [2.05, 4.69) is 0 Å². The number of carboxylic acid groups (broad SMARTS) is 1. The quantitative estimate of drug-likeness (QED) is 0.589. The van der Waals surface area contributed by atoms with Crippen molar-refractivity contribution in [3.05, 3.63) is 12.2 Å². The number of nitrogens with two attached hydrogens (primary N) is 1. The number of hydrogen-bond donors (Lipinski definition) is 2. The van der Waals surface area contributed by atoms with Crippen molar-refractivity contribution >= 4 is 5.97 Å². The van der Waals surface area contributed by atoms with Crippen LogP contribution in [0.5, 0.6) is 0 Å². The lowest BCUT2D eigenvalue weighted by atomic mass is 9.99. The van der Waals surface area contributed by atoms with Gasteiger partial charge in [0.2, 0.25) is 0 Å². The maximum Gasteiger partial charge on any atom is 0.328 e. The van der Waals surface area contributed by atoms with Crippen molar-refractivity contribution in [3.8, 4) is 0 Å². The number of aliphatic carboxylic acids is 1. The fraction of sp³-hybridized carbons (Fsp3) is 0.625. The molecule has 12 heavy (non-hydrogen) atoms. The van der Waals surface area contributed by atoms with E-state index in [0.717, 1.165) is 6.08 Å². The van der Waals surface area contributed by atoms with E-state index in [1.54, 1.807) is 14.0 Å². The normalized spacial score (nSPS) is 16.2. The Morgan fingerprint density at radius 2 is 2.33 bits per heavy atom. The Bertz CT molecular complexity index is 175. The number of carbonyl (C=O) groups is 1. The zero-order valence-electron chi connectivity index (χ0n) is 7.41. The standard InChI is InChI=1S/C8H15NO3/c1-8(9,5-6-12-2)4-3-7(10)11/h3-4H,5-6,9H2,1-2H3,(H,10,11). The first-order chi connectivity index (χ1) is 5.48. The summed E-state index contributed by atoms with van der Waals surface area (Å²) >= 11 is 0. The molecule has 0 spiro atoms. The van der Waals surface area contributed by atoms with Crippen LogP contribution in [0.2, 0.25) is 0 Å². The van der Waals surface area contributed by atoms with Gasteiger partial charge in [-0.3, -0.25) is 0 Å². The molecule has 1 atom stereocenters. The second-order valence-electron chi connectivity index (χ2n) is 2.92. The molecule has 0 saturated heterocycles. The Morgan fingerprint density at radius 1 is 1.75 bits per heavy atom. The third kappa shape index (κ3) is 5.88. The fourth-order valence-corrected chi connectivity index (χ4v) is 0.667. The van der Waals surface area contributed by atoms with Gasteiger partial charge in [0.15, 0.2) is 0 Å². The zero-order valence-corrected chi connectivity index (χ0v) is 7.41. The van der Waals surface area contributed by atoms with Gasteiger partial charge < -0.3 is 15.6 Å². The number of rotatable bonds is 5. The van der Waals surface area contributed by atoms with Crippen molar-refractivity contribution in [2.24, 2.45) is 5.73 Å². The van der Waals surface area contributed by atoms with Crippen LogP contribution in [-0.4, -0.2) is 30.3 Å². The minimum absolute atomic E-state index is 0.525. The van der Waals surface area contributed by atoms with Crippen LogP contribution in [-0.2, 0) is 9.53 Å². The van der Waals surface area contributed by atoms with Gasteiger partial charge in [0.05, 0.1) is 0 Å². The number of carboxylic acids is 1. The molecule has 0 bridgehead atoms. The molecule has 0 saturated carbocycles. The van der Waals surface area contributed by atoms with E-state index >= 15 is 0 Å². The lowest BCUT2D eigenvalue weighted by Crippen LogP contribution is -2.35. The van der Waals surface area contributed by atoms with Gasteiger partial charge in [0.25, 0.3) is 0 Å². The van der Waals surface area contributed by atoms with Crippen molar-refractivity contribution in [1.82, 2.24) is 0 Å². The Morgan fingerprint density at radius 3 is 2.75 bits per heavy atom. The minimum Gasteiger partial charge on any atom is -0.478 e. The second-order valence-corrected chi connectivity index (χ2v) is 2.92. The van der Waals surface area contributed by atoms with Crippen molar-refractivity contribution in [3.63, 3.8) is 0 Å². The van der Waals surface area contributed by atoms with E-state index in [-0.39, 0.29) is 0 Å². The fourth-order valence-electron chi connectivity index (χ4n) is 0.667. The summed E-state index contributed by atoms with van der Waals surface area (Å²) in [6.45, 7) is 2.28. The molecular weight excluding hydrogens is 158 g/mol. The van der Waals surface area contributed by atoms with Crippen LogP contribution < -0.4 is 5.73 Å². The van der Waals surface area contributed by atoms with Crippen LogP contribution in [0.4, 0.5) is 0 Å². The van der Waals surface area contributed by atoms with Crippen molar-refractivity contribution in [1.29, 1.82) is 0 Å². The first-order valence-corrected chi connectivity index (χ1v) is 3.68. The first kappa shape index (κ1) is 11.1. The highest BCUT2D eigenvalue weighted by Gasteiger charge is 2.13. The molecule has 0 heterocycles. The molecular formula is C8H15NO3. The molecule has 0 aliphatic carbocycles. The molecule has 1 unspecified atom stereocenters. The van der Waals surface area contributed by atoms with Gasteiger partial charge in [0, 0.05) is 25.3 Å². The zero-order chi connectivity index (χ0) is 9.61. The highest BCUT2D eigenvalue weighted by Crippen LogP contribution is 2.06. The Hall–Kier alpha value is -0.870. The van der Waals surface area contributed by atoms with Gasteiger partial charge in [-0.05, 0) is 13.3 Å². The van der Waals surface area contributed by atoms with Gasteiger partial charge in [-0.1, -0.05) is 6.08 Å². The highest BCUT2D eigenvalue weighted by molar-refractivity contribution is 5.79. The maximum absolute atomic E-state index is 10.1. The molecule has 0 aromatic heterocycles. The van der Waals surface area contributed by atoms with Crippen molar-refractivity contribution < 1.29 is 14.6 Å². The molecule has 0 aliphatic heterocycles. The molecule has 0 rings (SSSR count). The van der Waals surface area contributed by atoms with Crippen LogP contribution in [0.25, 0.3) is 0 Å². The third-order valence-corrected chi connectivity index (χ3v) is 1.45. The van der Waals surface area contributed by atoms with Crippen LogP contribution >= 0.6 is 0 Å². The molecule has 0 aromatic rings. The van der Waals surface area contributed by atoms with E-state index in [9.17, 15) is 4.79 Å². The van der Waals surface area contributed by atoms with Gasteiger partial charge in [-0.15, -0.1) is 0 Å². The molecule has 4 heteroatoms. The lowest BCUT2D eigenvalue weighted by molar-refractivity contribution is -0.131. The Labute approximate surface area is 72.0 Å². The van der Waals surface area contributed by atoms with Crippen LogP contribution in [0.1, 0.15) is 13.3 Å². The molecule has 70 valence electrons. The van der Waals surface area contributed by atoms with E-state index in [1.165, 1.54) is 6.08 Å². The maximum atomic E-state index is 10.1. The monoisotopic (exact) mass is 173 g/mol. The van der Waals surface area contributed by atoms with Crippen LogP contribution in [0.15, 0.2) is 12.2 Å². The summed E-state index contributed by atoms with van der Waals surface area (Å²) in [5, 5.41) is 8.33. The molecule has 0 aromatic carbocycles. The van der Waals surface area contributed by atoms with Gasteiger partial charge in [-0.2, -0.15) is 0 Å². The number of ether oxygens (including phenoxy) is 1. The predicted octanol–water partition coefficient (Wildman–Crippen LogP) is 0.381. The summed E-state index contributed by atoms with van der Waals surface area (Å²) in [5.41, 5.74) is 5.12. The Kier molecular flexibility index (Phi) is 4.54. The van der Waals surface area contributed by atoms with Gasteiger partial charge >= 0.3 is 5.97 Å². The third-order valence-electron chi connectivity index (χ3n) is 1.45. The van der Waals surface area contributed by atoms with Crippen molar-refractivity contribution in [2.75, 3.05) is 13.7 Å². The summed E-state index contributed by atoms with van der Waals surface area (Å²) in [6, 6.07) is 0. The summed E-state index contributed by atoms with van der Waals surface area (Å²) in [4.78, 5) is 10.1. The Balaban J connectivity index is 3.93. The summed E-state index contributed by atoms with van der Waals surface area (Å²) < 4.78 is 4.82. The van der Waals surface area contributed by atoms with E-state index in [0.29, 0.717) is 13.0 Å². The summed E-state index contributed by atoms with van der Waals surface area (Å²) in [5.74, 6) is -0.982. The topological polar surface area (TPSA) is 72.5 Å². The molecule has 0 aliphatic rings. The lowest BCUT2D eigenvalue weighted by Gasteiger charge is -2.18. The number of hydrogen-bond acceptors (Lipinski definition) is 3. The average molecular weight is 173 g/mol. The van der Waals surface area contributed by atoms with E-state index in [4.69, 9.17) is 15.6 Å². The minimum atomic E-state index is -0.982. The number of methoxy groups -OCH3 is 1.